The van der Waals surface area contributed by atoms with Crippen molar-refractivity contribution in [2.45, 2.75) is 49.1 Å². The van der Waals surface area contributed by atoms with Gasteiger partial charge in [0.15, 0.2) is 0 Å². The molecular weight excluding hydrogens is 210 g/mol. The number of carbonyl (C=O) groups excluding carboxylic acids is 1. The lowest BCUT2D eigenvalue weighted by molar-refractivity contribution is 0.0928. The van der Waals surface area contributed by atoms with E-state index in [-0.39, 0.29) is 6.09 Å². The van der Waals surface area contributed by atoms with Gasteiger partial charge in [-0.15, -0.1) is 0 Å². The Balaban J connectivity index is 2.09. The van der Waals surface area contributed by atoms with Crippen LogP contribution in [-0.4, -0.2) is 41.2 Å². The first-order valence-corrected chi connectivity index (χ1v) is 6.66. The van der Waals surface area contributed by atoms with Gasteiger partial charge in [-0.1, -0.05) is 19.8 Å². The highest BCUT2D eigenvalue weighted by Crippen LogP contribution is 2.38. The smallest absolute Gasteiger partial charge is 0.409 e. The predicted molar refractivity (Wildman–Crippen MR) is 62.2 cm³/mol. The van der Waals surface area contributed by atoms with E-state index < -0.39 is 0 Å². The second-order valence-electron chi connectivity index (χ2n) is 4.46. The minimum Gasteiger partial charge on any atom is -0.453 e. The maximum Gasteiger partial charge on any atom is 0.409 e. The highest BCUT2D eigenvalue weighted by Gasteiger charge is 2.39. The zero-order valence-corrected chi connectivity index (χ0v) is 10.3. The molecule has 86 valence electrons. The monoisotopic (exact) mass is 229 g/mol. The molecule has 1 saturated heterocycles. The zero-order chi connectivity index (χ0) is 10.8. The van der Waals surface area contributed by atoms with Gasteiger partial charge < -0.3 is 9.64 Å². The third-order valence-corrected chi connectivity index (χ3v) is 4.85. The summed E-state index contributed by atoms with van der Waals surface area (Å²) in [4.78, 5) is 13.6. The van der Waals surface area contributed by atoms with Crippen molar-refractivity contribution in [2.24, 2.45) is 0 Å². The highest BCUT2D eigenvalue weighted by molar-refractivity contribution is 8.00. The minimum absolute atomic E-state index is 0.140. The van der Waals surface area contributed by atoms with Gasteiger partial charge in [-0.3, -0.25) is 0 Å². The molecular formula is C11H19NO2S. The summed E-state index contributed by atoms with van der Waals surface area (Å²) >= 11 is 2.05. The van der Waals surface area contributed by atoms with Crippen molar-refractivity contribution in [3.05, 3.63) is 0 Å². The molecule has 0 spiro atoms. The van der Waals surface area contributed by atoms with Crippen LogP contribution >= 0.6 is 11.8 Å². The molecule has 0 radical (unpaired) electrons. The standard InChI is InChI=1S/C11H19NO2S/c1-8-7-12(11(13)14-2)9-5-3-4-6-10(9)15-8/h8-10H,3-7H2,1-2H3. The van der Waals surface area contributed by atoms with E-state index in [0.29, 0.717) is 16.5 Å². The molecule has 0 N–H and O–H groups in total. The topological polar surface area (TPSA) is 29.5 Å². The SMILES string of the molecule is COC(=O)N1CC(C)SC2CCCCC21. The fourth-order valence-corrected chi connectivity index (χ4v) is 4.28. The largest absolute Gasteiger partial charge is 0.453 e. The number of fused-ring (bicyclic) bond motifs is 1. The van der Waals surface area contributed by atoms with E-state index in [1.807, 2.05) is 4.90 Å². The lowest BCUT2D eigenvalue weighted by Crippen LogP contribution is -2.53. The minimum atomic E-state index is -0.140. The van der Waals surface area contributed by atoms with Gasteiger partial charge >= 0.3 is 6.09 Å². The highest BCUT2D eigenvalue weighted by atomic mass is 32.2. The Hall–Kier alpha value is -0.380. The van der Waals surface area contributed by atoms with E-state index >= 15 is 0 Å². The van der Waals surface area contributed by atoms with Crippen LogP contribution in [0.25, 0.3) is 0 Å². The fraction of sp³-hybridized carbons (Fsp3) is 0.909. The number of amides is 1. The van der Waals surface area contributed by atoms with Crippen molar-refractivity contribution in [1.82, 2.24) is 4.90 Å². The van der Waals surface area contributed by atoms with Crippen LogP contribution in [0, 0.1) is 0 Å². The van der Waals surface area contributed by atoms with E-state index in [1.165, 1.54) is 26.4 Å². The normalized spacial score (nSPS) is 35.9. The number of carbonyl (C=O) groups is 1. The quantitative estimate of drug-likeness (QED) is 0.639. The summed E-state index contributed by atoms with van der Waals surface area (Å²) in [5.41, 5.74) is 0. The Morgan fingerprint density at radius 2 is 2.13 bits per heavy atom. The zero-order valence-electron chi connectivity index (χ0n) is 9.44. The molecule has 15 heavy (non-hydrogen) atoms. The average Bonchev–Trinajstić information content (AvgIpc) is 2.26. The van der Waals surface area contributed by atoms with Crippen molar-refractivity contribution in [3.8, 4) is 0 Å². The van der Waals surface area contributed by atoms with Crippen LogP contribution in [0.15, 0.2) is 0 Å². The van der Waals surface area contributed by atoms with Gasteiger partial charge in [0.1, 0.15) is 0 Å². The van der Waals surface area contributed by atoms with Gasteiger partial charge in [-0.05, 0) is 12.8 Å². The molecule has 0 aromatic rings. The molecule has 3 atom stereocenters. The lowest BCUT2D eigenvalue weighted by Gasteiger charge is -2.45. The number of ether oxygens (including phenoxy) is 1. The Bertz CT molecular complexity index is 247. The molecule has 2 aliphatic rings. The molecule has 4 heteroatoms. The number of thioether (sulfide) groups is 1. The van der Waals surface area contributed by atoms with Gasteiger partial charge in [0.2, 0.25) is 0 Å². The van der Waals surface area contributed by atoms with E-state index in [4.69, 9.17) is 4.74 Å². The Labute approximate surface area is 95.5 Å². The van der Waals surface area contributed by atoms with Crippen LogP contribution in [0.1, 0.15) is 32.6 Å². The van der Waals surface area contributed by atoms with Gasteiger partial charge in [-0.2, -0.15) is 11.8 Å². The first-order chi connectivity index (χ1) is 7.22. The molecule has 1 aliphatic carbocycles. The van der Waals surface area contributed by atoms with Crippen LogP contribution in [0.4, 0.5) is 4.79 Å². The molecule has 2 rings (SSSR count). The first-order valence-electron chi connectivity index (χ1n) is 5.72. The molecule has 1 heterocycles. The molecule has 3 nitrogen and oxygen atoms in total. The van der Waals surface area contributed by atoms with E-state index in [1.54, 1.807) is 0 Å². The maximum atomic E-state index is 11.7. The molecule has 3 unspecified atom stereocenters. The second kappa shape index (κ2) is 4.64. The molecule has 1 aliphatic heterocycles. The van der Waals surface area contributed by atoms with Crippen LogP contribution in [0.3, 0.4) is 0 Å². The summed E-state index contributed by atoms with van der Waals surface area (Å²) in [6.45, 7) is 3.05. The van der Waals surface area contributed by atoms with Crippen molar-refractivity contribution < 1.29 is 9.53 Å². The Morgan fingerprint density at radius 1 is 1.40 bits per heavy atom. The molecule has 1 saturated carbocycles. The summed E-state index contributed by atoms with van der Waals surface area (Å²) in [6.07, 6.45) is 4.84. The van der Waals surface area contributed by atoms with Crippen molar-refractivity contribution >= 4 is 17.9 Å². The second-order valence-corrected chi connectivity index (χ2v) is 6.14. The number of nitrogens with zero attached hydrogens (tertiary/aromatic N) is 1. The fourth-order valence-electron chi connectivity index (χ4n) is 2.67. The number of rotatable bonds is 0. The predicted octanol–water partition coefficient (Wildman–Crippen LogP) is 2.50. The third-order valence-electron chi connectivity index (χ3n) is 3.34. The van der Waals surface area contributed by atoms with Gasteiger partial charge in [0.25, 0.3) is 0 Å². The summed E-state index contributed by atoms with van der Waals surface area (Å²) in [6, 6.07) is 0.424. The van der Waals surface area contributed by atoms with Gasteiger partial charge in [0, 0.05) is 23.1 Å². The maximum absolute atomic E-state index is 11.7. The van der Waals surface area contributed by atoms with Crippen LogP contribution in [0.2, 0.25) is 0 Å². The lowest BCUT2D eigenvalue weighted by atomic mass is 9.93. The van der Waals surface area contributed by atoms with Crippen molar-refractivity contribution in [1.29, 1.82) is 0 Å². The molecule has 2 fully saturated rings. The molecule has 0 bridgehead atoms. The summed E-state index contributed by atoms with van der Waals surface area (Å²) in [5, 5.41) is 1.19. The van der Waals surface area contributed by atoms with E-state index in [2.05, 4.69) is 18.7 Å². The van der Waals surface area contributed by atoms with Crippen LogP contribution < -0.4 is 0 Å². The number of hydrogen-bond donors (Lipinski definition) is 0. The van der Waals surface area contributed by atoms with Gasteiger partial charge in [-0.25, -0.2) is 4.79 Å². The van der Waals surface area contributed by atoms with Crippen molar-refractivity contribution in [3.63, 3.8) is 0 Å². The molecule has 0 aromatic heterocycles. The molecule has 0 aromatic carbocycles. The number of methoxy groups -OCH3 is 1. The average molecular weight is 229 g/mol. The summed E-state index contributed by atoms with van der Waals surface area (Å²) in [5.74, 6) is 0. The van der Waals surface area contributed by atoms with Crippen molar-refractivity contribution in [2.75, 3.05) is 13.7 Å². The number of hydrogen-bond acceptors (Lipinski definition) is 3. The molecule has 1 amide bonds. The van der Waals surface area contributed by atoms with Gasteiger partial charge in [0.05, 0.1) is 7.11 Å². The Kier molecular flexibility index (Phi) is 3.44. The third kappa shape index (κ3) is 2.25. The Morgan fingerprint density at radius 3 is 2.87 bits per heavy atom. The summed E-state index contributed by atoms with van der Waals surface area (Å²) in [7, 11) is 1.48. The summed E-state index contributed by atoms with van der Waals surface area (Å²) < 4.78 is 4.86. The first kappa shape index (κ1) is 11.1. The van der Waals surface area contributed by atoms with Crippen LogP contribution in [-0.2, 0) is 4.74 Å². The van der Waals surface area contributed by atoms with Crippen LogP contribution in [0.5, 0.6) is 0 Å². The van der Waals surface area contributed by atoms with E-state index in [9.17, 15) is 4.79 Å². The van der Waals surface area contributed by atoms with E-state index in [0.717, 1.165) is 13.0 Å².